The Labute approximate surface area is 99.8 Å². The van der Waals surface area contributed by atoms with Crippen LogP contribution in [0.2, 0.25) is 0 Å². The minimum absolute atomic E-state index is 0.0324. The maximum absolute atomic E-state index is 10.5. The molecule has 1 saturated heterocycles. The summed E-state index contributed by atoms with van der Waals surface area (Å²) in [7, 11) is 0. The number of aromatic nitrogens is 1. The zero-order valence-corrected chi connectivity index (χ0v) is 9.96. The Bertz CT molecular complexity index is 396. The number of nitrogens with one attached hydrogen (secondary N) is 1. The zero-order chi connectivity index (χ0) is 12.4. The van der Waals surface area contributed by atoms with Crippen LogP contribution in [0.25, 0.3) is 0 Å². The number of nitro groups is 1. The second-order valence-corrected chi connectivity index (χ2v) is 4.51. The Morgan fingerprint density at radius 1 is 1.41 bits per heavy atom. The minimum atomic E-state index is -0.431. The predicted molar refractivity (Wildman–Crippen MR) is 65.2 cm³/mol. The first kappa shape index (κ1) is 11.8. The van der Waals surface area contributed by atoms with E-state index in [9.17, 15) is 10.1 Å². The molecule has 2 rings (SSSR count). The third kappa shape index (κ3) is 2.71. The Balaban J connectivity index is 2.14. The van der Waals surface area contributed by atoms with Crippen LogP contribution in [-0.2, 0) is 0 Å². The van der Waals surface area contributed by atoms with Crippen molar-refractivity contribution in [3.05, 3.63) is 28.4 Å². The smallest absolute Gasteiger partial charge is 0.287 e. The number of rotatable bonds is 2. The van der Waals surface area contributed by atoms with Gasteiger partial charge in [-0.3, -0.25) is 10.1 Å². The van der Waals surface area contributed by atoms with Crippen LogP contribution in [0.3, 0.4) is 0 Å². The highest BCUT2D eigenvalue weighted by Gasteiger charge is 2.22. The van der Waals surface area contributed by atoms with E-state index in [1.165, 1.54) is 12.3 Å². The van der Waals surface area contributed by atoms with Crippen LogP contribution in [0.4, 0.5) is 11.5 Å². The molecular weight excluding hydrogens is 220 g/mol. The molecule has 1 aromatic rings. The SMILES string of the molecule is CC1CN(c2ccc([N+](=O)[O-])cn2)CC(C)N1. The first-order chi connectivity index (χ1) is 8.06. The second kappa shape index (κ2) is 4.67. The molecule has 0 bridgehead atoms. The van der Waals surface area contributed by atoms with E-state index >= 15 is 0 Å². The van der Waals surface area contributed by atoms with Crippen LogP contribution in [0.15, 0.2) is 18.3 Å². The van der Waals surface area contributed by atoms with Crippen LogP contribution >= 0.6 is 0 Å². The van der Waals surface area contributed by atoms with Crippen molar-refractivity contribution >= 4 is 11.5 Å². The lowest BCUT2D eigenvalue weighted by Gasteiger charge is -2.36. The number of nitrogens with zero attached hydrogens (tertiary/aromatic N) is 3. The summed E-state index contributed by atoms with van der Waals surface area (Å²) in [5, 5.41) is 14.0. The normalized spacial score (nSPS) is 24.7. The lowest BCUT2D eigenvalue weighted by molar-refractivity contribution is -0.385. The van der Waals surface area contributed by atoms with Gasteiger partial charge in [0, 0.05) is 31.2 Å². The molecule has 1 aliphatic heterocycles. The number of pyridine rings is 1. The standard InChI is InChI=1S/C11H16N4O2/c1-8-6-14(7-9(2)13-8)11-4-3-10(5-12-11)15(16)17/h3-5,8-9,13H,6-7H2,1-2H3. The lowest BCUT2D eigenvalue weighted by atomic mass is 10.1. The summed E-state index contributed by atoms with van der Waals surface area (Å²) in [6, 6.07) is 4.01. The molecule has 0 saturated carbocycles. The Morgan fingerprint density at radius 3 is 2.53 bits per heavy atom. The van der Waals surface area contributed by atoms with Gasteiger partial charge < -0.3 is 10.2 Å². The number of hydrogen-bond acceptors (Lipinski definition) is 5. The van der Waals surface area contributed by atoms with Crippen LogP contribution in [0.1, 0.15) is 13.8 Å². The van der Waals surface area contributed by atoms with Gasteiger partial charge in [0.25, 0.3) is 5.69 Å². The van der Waals surface area contributed by atoms with E-state index in [-0.39, 0.29) is 5.69 Å². The third-order valence-corrected chi connectivity index (χ3v) is 2.82. The highest BCUT2D eigenvalue weighted by atomic mass is 16.6. The van der Waals surface area contributed by atoms with Gasteiger partial charge in [-0.1, -0.05) is 0 Å². The highest BCUT2D eigenvalue weighted by molar-refractivity contribution is 5.43. The summed E-state index contributed by atoms with van der Waals surface area (Å²) in [5.74, 6) is 0.802. The van der Waals surface area contributed by atoms with E-state index < -0.39 is 4.92 Å². The van der Waals surface area contributed by atoms with E-state index in [1.54, 1.807) is 6.07 Å². The number of piperazine rings is 1. The molecule has 2 unspecified atom stereocenters. The van der Waals surface area contributed by atoms with Crippen molar-refractivity contribution in [3.63, 3.8) is 0 Å². The topological polar surface area (TPSA) is 71.3 Å². The zero-order valence-electron chi connectivity index (χ0n) is 9.96. The summed E-state index contributed by atoms with van der Waals surface area (Å²) in [5.41, 5.74) is 0.0324. The maximum atomic E-state index is 10.5. The fourth-order valence-corrected chi connectivity index (χ4v) is 2.19. The van der Waals surface area contributed by atoms with Crippen LogP contribution in [-0.4, -0.2) is 35.1 Å². The fourth-order valence-electron chi connectivity index (χ4n) is 2.19. The molecule has 2 atom stereocenters. The van der Waals surface area contributed by atoms with Crippen LogP contribution in [0.5, 0.6) is 0 Å². The van der Waals surface area contributed by atoms with Crippen molar-refractivity contribution in [1.82, 2.24) is 10.3 Å². The van der Waals surface area contributed by atoms with Gasteiger partial charge in [0.1, 0.15) is 12.0 Å². The summed E-state index contributed by atoms with van der Waals surface area (Å²) in [6.45, 7) is 5.98. The average Bonchev–Trinajstić information content (AvgIpc) is 2.28. The fraction of sp³-hybridized carbons (Fsp3) is 0.545. The largest absolute Gasteiger partial charge is 0.354 e. The van der Waals surface area contributed by atoms with E-state index in [0.29, 0.717) is 12.1 Å². The summed E-state index contributed by atoms with van der Waals surface area (Å²) in [4.78, 5) is 16.4. The molecule has 6 nitrogen and oxygen atoms in total. The Kier molecular flexibility index (Phi) is 3.23. The molecule has 92 valence electrons. The molecule has 1 fully saturated rings. The molecule has 6 heteroatoms. The van der Waals surface area contributed by atoms with E-state index in [0.717, 1.165) is 18.9 Å². The Hall–Kier alpha value is -1.69. The third-order valence-electron chi connectivity index (χ3n) is 2.82. The number of hydrogen-bond donors (Lipinski definition) is 1. The van der Waals surface area contributed by atoms with Crippen molar-refractivity contribution in [3.8, 4) is 0 Å². The second-order valence-electron chi connectivity index (χ2n) is 4.51. The van der Waals surface area contributed by atoms with E-state index in [1.807, 2.05) is 0 Å². The van der Waals surface area contributed by atoms with Crippen molar-refractivity contribution in [2.24, 2.45) is 0 Å². The first-order valence-corrected chi connectivity index (χ1v) is 5.67. The monoisotopic (exact) mass is 236 g/mol. The van der Waals surface area contributed by atoms with Crippen molar-refractivity contribution in [1.29, 1.82) is 0 Å². The molecular formula is C11H16N4O2. The van der Waals surface area contributed by atoms with E-state index in [2.05, 4.69) is 29.0 Å². The Morgan fingerprint density at radius 2 is 2.06 bits per heavy atom. The van der Waals surface area contributed by atoms with Crippen molar-refractivity contribution in [2.45, 2.75) is 25.9 Å². The highest BCUT2D eigenvalue weighted by Crippen LogP contribution is 2.18. The molecule has 2 heterocycles. The molecule has 0 aromatic carbocycles. The van der Waals surface area contributed by atoms with Gasteiger partial charge in [0.2, 0.25) is 0 Å². The molecule has 1 aliphatic rings. The van der Waals surface area contributed by atoms with Gasteiger partial charge in [-0.15, -0.1) is 0 Å². The van der Waals surface area contributed by atoms with Gasteiger partial charge >= 0.3 is 0 Å². The number of anilines is 1. The van der Waals surface area contributed by atoms with E-state index in [4.69, 9.17) is 0 Å². The molecule has 0 amide bonds. The summed E-state index contributed by atoms with van der Waals surface area (Å²) in [6.07, 6.45) is 1.31. The van der Waals surface area contributed by atoms with Gasteiger partial charge in [-0.25, -0.2) is 4.98 Å². The molecule has 0 spiro atoms. The van der Waals surface area contributed by atoms with Gasteiger partial charge in [0.05, 0.1) is 4.92 Å². The molecule has 0 aliphatic carbocycles. The van der Waals surface area contributed by atoms with Crippen LogP contribution in [0, 0.1) is 10.1 Å². The van der Waals surface area contributed by atoms with Gasteiger partial charge in [-0.2, -0.15) is 0 Å². The lowest BCUT2D eigenvalue weighted by Crippen LogP contribution is -2.54. The van der Waals surface area contributed by atoms with Crippen molar-refractivity contribution < 1.29 is 4.92 Å². The van der Waals surface area contributed by atoms with Gasteiger partial charge in [0.15, 0.2) is 0 Å². The quantitative estimate of drug-likeness (QED) is 0.616. The molecule has 1 aromatic heterocycles. The maximum Gasteiger partial charge on any atom is 0.287 e. The summed E-state index contributed by atoms with van der Waals surface area (Å²) < 4.78 is 0. The van der Waals surface area contributed by atoms with Crippen LogP contribution < -0.4 is 10.2 Å². The molecule has 17 heavy (non-hydrogen) atoms. The first-order valence-electron chi connectivity index (χ1n) is 5.67. The predicted octanol–water partition coefficient (Wildman–Crippen LogP) is 1.18. The summed E-state index contributed by atoms with van der Waals surface area (Å²) >= 11 is 0. The van der Waals surface area contributed by atoms with Crippen molar-refractivity contribution in [2.75, 3.05) is 18.0 Å². The minimum Gasteiger partial charge on any atom is -0.354 e. The van der Waals surface area contributed by atoms with Gasteiger partial charge in [-0.05, 0) is 19.9 Å². The molecule has 0 radical (unpaired) electrons. The average molecular weight is 236 g/mol. The molecule has 1 N–H and O–H groups in total.